The minimum Gasteiger partial charge on any atom is -0.298 e. The van der Waals surface area contributed by atoms with Crippen molar-refractivity contribution < 1.29 is 4.79 Å². The highest BCUT2D eigenvalue weighted by Gasteiger charge is 1.96. The molecule has 1 rings (SSSR count). The summed E-state index contributed by atoms with van der Waals surface area (Å²) in [6, 6.07) is 5.81. The Bertz CT molecular complexity index is 268. The zero-order valence-corrected chi connectivity index (χ0v) is 7.89. The van der Waals surface area contributed by atoms with Crippen molar-refractivity contribution in [1.29, 1.82) is 0 Å². The van der Waals surface area contributed by atoms with Crippen LogP contribution >= 0.6 is 15.9 Å². The maximum Gasteiger partial charge on any atom is 0.150 e. The molecule has 2 heteroatoms. The Hall–Kier alpha value is -0.630. The first-order valence-corrected chi connectivity index (χ1v) is 4.50. The van der Waals surface area contributed by atoms with Gasteiger partial charge in [-0.05, 0) is 18.1 Å². The highest BCUT2D eigenvalue weighted by atomic mass is 79.9. The van der Waals surface area contributed by atoms with Crippen LogP contribution in [-0.2, 0) is 5.33 Å². The Morgan fingerprint density at radius 1 is 1.55 bits per heavy atom. The summed E-state index contributed by atoms with van der Waals surface area (Å²) in [6.45, 7) is 1.94. The molecule has 0 saturated heterocycles. The Balaban J connectivity index is 3.09. The monoisotopic (exact) mass is 212 g/mol. The van der Waals surface area contributed by atoms with Crippen molar-refractivity contribution in [3.8, 4) is 0 Å². The number of aryl methyl sites for hydroxylation is 1. The topological polar surface area (TPSA) is 17.1 Å². The Labute approximate surface area is 74.6 Å². The van der Waals surface area contributed by atoms with Gasteiger partial charge in [0.2, 0.25) is 0 Å². The number of alkyl halides is 1. The number of benzene rings is 1. The van der Waals surface area contributed by atoms with E-state index >= 15 is 0 Å². The van der Waals surface area contributed by atoms with E-state index in [4.69, 9.17) is 0 Å². The average molecular weight is 213 g/mol. The number of halogens is 1. The highest BCUT2D eigenvalue weighted by molar-refractivity contribution is 9.08. The quantitative estimate of drug-likeness (QED) is 0.545. The molecule has 0 N–H and O–H groups in total. The predicted molar refractivity (Wildman–Crippen MR) is 49.2 cm³/mol. The SMILES string of the molecule is Cc1cc(CBr)ccc1C=O. The van der Waals surface area contributed by atoms with E-state index in [9.17, 15) is 4.79 Å². The van der Waals surface area contributed by atoms with Gasteiger partial charge in [-0.3, -0.25) is 4.79 Å². The molecule has 0 aromatic heterocycles. The zero-order chi connectivity index (χ0) is 8.27. The predicted octanol–water partition coefficient (Wildman–Crippen LogP) is 2.70. The van der Waals surface area contributed by atoms with Crippen molar-refractivity contribution in [2.75, 3.05) is 0 Å². The molecule has 0 unspecified atom stereocenters. The molecule has 58 valence electrons. The van der Waals surface area contributed by atoms with Crippen molar-refractivity contribution >= 4 is 22.2 Å². The van der Waals surface area contributed by atoms with Gasteiger partial charge in [0.1, 0.15) is 6.29 Å². The van der Waals surface area contributed by atoms with Crippen LogP contribution in [0.2, 0.25) is 0 Å². The van der Waals surface area contributed by atoms with Crippen LogP contribution in [0.5, 0.6) is 0 Å². The van der Waals surface area contributed by atoms with Crippen LogP contribution in [0.25, 0.3) is 0 Å². The lowest BCUT2D eigenvalue weighted by molar-refractivity contribution is 0.112. The van der Waals surface area contributed by atoms with Crippen molar-refractivity contribution in [3.63, 3.8) is 0 Å². The van der Waals surface area contributed by atoms with Gasteiger partial charge in [0.05, 0.1) is 0 Å². The van der Waals surface area contributed by atoms with Gasteiger partial charge in [-0.25, -0.2) is 0 Å². The summed E-state index contributed by atoms with van der Waals surface area (Å²) >= 11 is 3.35. The third-order valence-electron chi connectivity index (χ3n) is 1.62. The molecule has 0 heterocycles. The minimum atomic E-state index is 0.773. The fraction of sp³-hybridized carbons (Fsp3) is 0.222. The van der Waals surface area contributed by atoms with E-state index in [0.29, 0.717) is 0 Å². The highest BCUT2D eigenvalue weighted by Crippen LogP contribution is 2.11. The minimum absolute atomic E-state index is 0.773. The summed E-state index contributed by atoms with van der Waals surface area (Å²) in [6.07, 6.45) is 0.882. The second-order valence-corrected chi connectivity index (χ2v) is 3.00. The zero-order valence-electron chi connectivity index (χ0n) is 6.30. The lowest BCUT2D eigenvalue weighted by Crippen LogP contribution is -1.87. The van der Waals surface area contributed by atoms with Gasteiger partial charge in [0, 0.05) is 10.9 Å². The molecule has 0 bridgehead atoms. The van der Waals surface area contributed by atoms with E-state index < -0.39 is 0 Å². The summed E-state index contributed by atoms with van der Waals surface area (Å²) in [5, 5.41) is 0.840. The summed E-state index contributed by atoms with van der Waals surface area (Å²) in [5.74, 6) is 0. The number of carbonyl (C=O) groups is 1. The van der Waals surface area contributed by atoms with E-state index in [1.54, 1.807) is 0 Å². The second-order valence-electron chi connectivity index (χ2n) is 2.44. The lowest BCUT2D eigenvalue weighted by atomic mass is 10.1. The first-order chi connectivity index (χ1) is 5.27. The second kappa shape index (κ2) is 3.67. The Morgan fingerprint density at radius 3 is 2.73 bits per heavy atom. The summed E-state index contributed by atoms with van der Waals surface area (Å²) in [4.78, 5) is 10.4. The number of hydrogen-bond donors (Lipinski definition) is 0. The molecule has 0 aliphatic heterocycles. The molecule has 0 atom stereocenters. The summed E-state index contributed by atoms with van der Waals surface area (Å²) in [7, 11) is 0. The van der Waals surface area contributed by atoms with Crippen molar-refractivity contribution in [2.24, 2.45) is 0 Å². The first-order valence-electron chi connectivity index (χ1n) is 3.38. The number of rotatable bonds is 2. The standard InChI is InChI=1S/C9H9BrO/c1-7-4-8(5-10)2-3-9(7)6-11/h2-4,6H,5H2,1H3. The van der Waals surface area contributed by atoms with Crippen molar-refractivity contribution in [3.05, 3.63) is 34.9 Å². The molecule has 0 saturated carbocycles. The fourth-order valence-corrected chi connectivity index (χ4v) is 1.30. The molecule has 11 heavy (non-hydrogen) atoms. The van der Waals surface area contributed by atoms with Gasteiger partial charge < -0.3 is 0 Å². The molecular formula is C9H9BrO. The van der Waals surface area contributed by atoms with Crippen LogP contribution in [0.3, 0.4) is 0 Å². The van der Waals surface area contributed by atoms with Crippen LogP contribution in [0.4, 0.5) is 0 Å². The van der Waals surface area contributed by atoms with Gasteiger partial charge in [-0.1, -0.05) is 34.1 Å². The molecular weight excluding hydrogens is 204 g/mol. The molecule has 0 aliphatic rings. The largest absolute Gasteiger partial charge is 0.298 e. The van der Waals surface area contributed by atoms with E-state index in [2.05, 4.69) is 15.9 Å². The molecule has 1 aromatic carbocycles. The normalized spacial score (nSPS) is 9.64. The van der Waals surface area contributed by atoms with Crippen molar-refractivity contribution in [1.82, 2.24) is 0 Å². The Kier molecular flexibility index (Phi) is 2.83. The molecule has 0 amide bonds. The van der Waals surface area contributed by atoms with Crippen LogP contribution in [0, 0.1) is 6.92 Å². The maximum absolute atomic E-state index is 10.4. The van der Waals surface area contributed by atoms with Gasteiger partial charge in [-0.2, -0.15) is 0 Å². The molecule has 0 radical (unpaired) electrons. The molecule has 0 spiro atoms. The third kappa shape index (κ3) is 1.90. The first kappa shape index (κ1) is 8.47. The molecule has 1 nitrogen and oxygen atoms in total. The molecule has 1 aromatic rings. The van der Waals surface area contributed by atoms with Gasteiger partial charge in [0.25, 0.3) is 0 Å². The van der Waals surface area contributed by atoms with Gasteiger partial charge in [0.15, 0.2) is 0 Å². The summed E-state index contributed by atoms with van der Waals surface area (Å²) in [5.41, 5.74) is 3.01. The van der Waals surface area contributed by atoms with Crippen LogP contribution < -0.4 is 0 Å². The molecule has 0 aliphatic carbocycles. The van der Waals surface area contributed by atoms with E-state index in [-0.39, 0.29) is 0 Å². The number of hydrogen-bond acceptors (Lipinski definition) is 1. The third-order valence-corrected chi connectivity index (χ3v) is 2.26. The van der Waals surface area contributed by atoms with Gasteiger partial charge in [-0.15, -0.1) is 0 Å². The average Bonchev–Trinajstić information content (AvgIpc) is 2.04. The van der Waals surface area contributed by atoms with Crippen LogP contribution in [-0.4, -0.2) is 6.29 Å². The lowest BCUT2D eigenvalue weighted by Gasteiger charge is -1.99. The smallest absolute Gasteiger partial charge is 0.150 e. The van der Waals surface area contributed by atoms with E-state index in [1.165, 1.54) is 5.56 Å². The molecule has 0 fully saturated rings. The fourth-order valence-electron chi connectivity index (χ4n) is 0.953. The van der Waals surface area contributed by atoms with E-state index in [1.807, 2.05) is 25.1 Å². The van der Waals surface area contributed by atoms with E-state index in [0.717, 1.165) is 22.7 Å². The van der Waals surface area contributed by atoms with Crippen molar-refractivity contribution in [2.45, 2.75) is 12.3 Å². The van der Waals surface area contributed by atoms with Gasteiger partial charge >= 0.3 is 0 Å². The summed E-state index contributed by atoms with van der Waals surface area (Å²) < 4.78 is 0. The van der Waals surface area contributed by atoms with Crippen LogP contribution in [0.1, 0.15) is 21.5 Å². The maximum atomic E-state index is 10.4. The Morgan fingerprint density at radius 2 is 2.27 bits per heavy atom. The number of aldehydes is 1. The van der Waals surface area contributed by atoms with Crippen LogP contribution in [0.15, 0.2) is 18.2 Å². The number of carbonyl (C=O) groups excluding carboxylic acids is 1.